The number of aromatic nitrogens is 1. The number of fused-ring (bicyclic) bond motifs is 2. The van der Waals surface area contributed by atoms with Crippen LogP contribution in [0, 0.1) is 0 Å². The predicted molar refractivity (Wildman–Crippen MR) is 223 cm³/mol. The van der Waals surface area contributed by atoms with Gasteiger partial charge in [-0.05, 0) is 111 Å². The summed E-state index contributed by atoms with van der Waals surface area (Å²) in [4.78, 5) is 63.9. The SMILES string of the molecule is CCCOC(=O)[C@H](C)NP(=O)(Oc1ccccc1)[C@H](F)c1ccc2sc(C(=O)NC3CCCC[C@H]4CC[C@@H](C(=O)N5C[C@@H](c6cccnc6)CC56CC6)N4C3=O)cc2c1. The number of pyridine rings is 1. The van der Waals surface area contributed by atoms with E-state index < -0.39 is 43.4 Å². The second-order valence-corrected chi connectivity index (χ2v) is 19.6. The maximum absolute atomic E-state index is 16.5. The number of thiophene rings is 1. The van der Waals surface area contributed by atoms with Gasteiger partial charge in [0.1, 0.15) is 23.9 Å². The third-order valence-corrected chi connectivity index (χ3v) is 15.5. The molecular weight excluding hydrogens is 793 g/mol. The molecular formula is C44H51FN5O7PS. The first-order valence-electron chi connectivity index (χ1n) is 20.8. The summed E-state index contributed by atoms with van der Waals surface area (Å²) in [6.45, 7) is 4.07. The molecule has 12 nitrogen and oxygen atoms in total. The molecule has 2 unspecified atom stereocenters. The number of amides is 3. The minimum absolute atomic E-state index is 0.0154. The first-order chi connectivity index (χ1) is 28.5. The lowest BCUT2D eigenvalue weighted by Gasteiger charge is -2.37. The lowest BCUT2D eigenvalue weighted by atomic mass is 9.97. The van der Waals surface area contributed by atoms with Crippen molar-refractivity contribution in [2.75, 3.05) is 13.2 Å². The molecule has 5 heterocycles. The Balaban J connectivity index is 0.980. The predicted octanol–water partition coefficient (Wildman–Crippen LogP) is 8.05. The molecule has 59 heavy (non-hydrogen) atoms. The Kier molecular flexibility index (Phi) is 11.9. The van der Waals surface area contributed by atoms with E-state index in [0.29, 0.717) is 40.8 Å². The second kappa shape index (κ2) is 17.1. The van der Waals surface area contributed by atoms with Gasteiger partial charge in [-0.15, -0.1) is 11.3 Å². The fourth-order valence-electron chi connectivity index (χ4n) is 9.09. The van der Waals surface area contributed by atoms with Crippen molar-refractivity contribution in [3.8, 4) is 5.75 Å². The molecule has 1 spiro atoms. The number of nitrogens with one attached hydrogen (secondary N) is 2. The van der Waals surface area contributed by atoms with Crippen LogP contribution in [0.3, 0.4) is 0 Å². The van der Waals surface area contributed by atoms with Gasteiger partial charge in [0.2, 0.25) is 17.7 Å². The minimum Gasteiger partial charge on any atom is -0.465 e. The van der Waals surface area contributed by atoms with E-state index in [1.165, 1.54) is 30.4 Å². The summed E-state index contributed by atoms with van der Waals surface area (Å²) in [6.07, 6.45) is 11.4. The van der Waals surface area contributed by atoms with E-state index in [-0.39, 0.29) is 47.2 Å². The van der Waals surface area contributed by atoms with Gasteiger partial charge in [0, 0.05) is 41.1 Å². The number of rotatable bonds is 13. The van der Waals surface area contributed by atoms with Gasteiger partial charge >= 0.3 is 13.5 Å². The molecule has 2 aromatic heterocycles. The molecule has 7 atom stereocenters. The van der Waals surface area contributed by atoms with E-state index in [4.69, 9.17) is 9.26 Å². The van der Waals surface area contributed by atoms with Crippen LogP contribution in [0.15, 0.2) is 79.1 Å². The molecule has 0 bridgehead atoms. The number of para-hydroxylation sites is 1. The summed E-state index contributed by atoms with van der Waals surface area (Å²) in [5, 5.41) is 6.14. The lowest BCUT2D eigenvalue weighted by molar-refractivity contribution is -0.148. The topological polar surface area (TPSA) is 147 Å². The molecule has 2 N–H and O–H groups in total. The van der Waals surface area contributed by atoms with Crippen LogP contribution in [0.25, 0.3) is 10.1 Å². The number of hydrogen-bond acceptors (Lipinski definition) is 9. The van der Waals surface area contributed by atoms with Crippen LogP contribution < -0.4 is 14.9 Å². The van der Waals surface area contributed by atoms with Crippen molar-refractivity contribution in [2.45, 2.75) is 120 Å². The molecule has 2 aromatic carbocycles. The Morgan fingerprint density at radius 1 is 1.03 bits per heavy atom. The van der Waals surface area contributed by atoms with E-state index in [1.807, 2.05) is 19.2 Å². The van der Waals surface area contributed by atoms with Crippen molar-refractivity contribution in [3.05, 3.63) is 95.1 Å². The van der Waals surface area contributed by atoms with E-state index in [1.54, 1.807) is 53.6 Å². The first-order valence-corrected chi connectivity index (χ1v) is 23.3. The van der Waals surface area contributed by atoms with Gasteiger partial charge in [-0.2, -0.15) is 0 Å². The Bertz CT molecular complexity index is 2240. The summed E-state index contributed by atoms with van der Waals surface area (Å²) in [6, 6.07) is 15.9. The van der Waals surface area contributed by atoms with Crippen molar-refractivity contribution in [1.29, 1.82) is 0 Å². The van der Waals surface area contributed by atoms with Crippen molar-refractivity contribution in [2.24, 2.45) is 0 Å². The molecule has 4 aliphatic rings. The highest BCUT2D eigenvalue weighted by Gasteiger charge is 2.58. The lowest BCUT2D eigenvalue weighted by Crippen LogP contribution is -2.57. The zero-order valence-corrected chi connectivity index (χ0v) is 35.1. The third kappa shape index (κ3) is 8.54. The number of ether oxygens (including phenoxy) is 1. The molecule has 4 fully saturated rings. The molecule has 312 valence electrons. The minimum atomic E-state index is -4.44. The Labute approximate surface area is 347 Å². The molecule has 3 amide bonds. The zero-order valence-electron chi connectivity index (χ0n) is 33.4. The van der Waals surface area contributed by atoms with E-state index in [2.05, 4.69) is 26.4 Å². The van der Waals surface area contributed by atoms with Gasteiger partial charge < -0.3 is 24.4 Å². The highest BCUT2D eigenvalue weighted by atomic mass is 32.1. The van der Waals surface area contributed by atoms with Crippen molar-refractivity contribution >= 4 is 52.6 Å². The van der Waals surface area contributed by atoms with Crippen LogP contribution >= 0.6 is 18.9 Å². The van der Waals surface area contributed by atoms with Crippen molar-refractivity contribution < 1.29 is 37.4 Å². The average molecular weight is 844 g/mol. The Hall–Kier alpha value is -4.65. The van der Waals surface area contributed by atoms with Gasteiger partial charge in [-0.3, -0.25) is 28.7 Å². The molecule has 4 aromatic rings. The molecule has 3 aliphatic heterocycles. The monoisotopic (exact) mass is 843 g/mol. The van der Waals surface area contributed by atoms with Crippen LogP contribution in [-0.2, 0) is 23.7 Å². The summed E-state index contributed by atoms with van der Waals surface area (Å²) >= 11 is 1.20. The van der Waals surface area contributed by atoms with Crippen molar-refractivity contribution in [3.63, 3.8) is 0 Å². The first kappa shape index (κ1) is 41.1. The summed E-state index contributed by atoms with van der Waals surface area (Å²) in [7, 11) is -4.44. The molecule has 1 saturated carbocycles. The Morgan fingerprint density at radius 2 is 1.83 bits per heavy atom. The molecule has 3 saturated heterocycles. The molecule has 0 radical (unpaired) electrons. The number of halogens is 1. The fraction of sp³-hybridized carbons (Fsp3) is 0.477. The van der Waals surface area contributed by atoms with Gasteiger partial charge in [0.05, 0.1) is 11.5 Å². The smallest absolute Gasteiger partial charge is 0.355 e. The maximum Gasteiger partial charge on any atom is 0.355 e. The number of hydrogen-bond donors (Lipinski definition) is 2. The molecule has 1 aliphatic carbocycles. The third-order valence-electron chi connectivity index (χ3n) is 12.3. The largest absolute Gasteiger partial charge is 0.465 e. The number of likely N-dealkylation sites (tertiary alicyclic amines) is 1. The van der Waals surface area contributed by atoms with Crippen LogP contribution in [0.5, 0.6) is 5.75 Å². The van der Waals surface area contributed by atoms with Crippen LogP contribution in [-0.4, -0.2) is 81.3 Å². The molecule has 8 rings (SSSR count). The quantitative estimate of drug-likeness (QED) is 0.101. The van der Waals surface area contributed by atoms with Gasteiger partial charge in [0.25, 0.3) is 5.91 Å². The fourth-order valence-corrected chi connectivity index (χ4v) is 11.9. The number of carbonyl (C=O) groups is 4. The number of benzene rings is 2. The Morgan fingerprint density at radius 3 is 2.58 bits per heavy atom. The highest BCUT2D eigenvalue weighted by molar-refractivity contribution is 7.57. The van der Waals surface area contributed by atoms with Crippen LogP contribution in [0.1, 0.15) is 111 Å². The van der Waals surface area contributed by atoms with E-state index in [0.717, 1.165) is 50.5 Å². The number of carbonyl (C=O) groups excluding carboxylic acids is 4. The standard InChI is InChI=1S/C44H51FN5O7PS/c1-3-22-56-43(54)28(2)48-58(55,57-34-12-5-4-6-13-34)39(45)29-15-18-37-31(23-29)24-38(59-37)40(51)47-35-14-8-7-11-33-16-17-36(50(33)41(35)52)42(53)49-27-32(25-44(49)19-20-44)30-10-9-21-46-26-30/h4-6,9-10,12-13,15,18,21,23-24,26,28,32-33,35-36,39H,3,7-8,11,14,16-17,19-20,22,25,27H2,1-2H3,(H,47,51)(H,48,55)/t28-,32-,33-,35?,36-,39-,58?/m0/s1. The van der Waals surface area contributed by atoms with E-state index in [9.17, 15) is 23.7 Å². The van der Waals surface area contributed by atoms with Crippen LogP contribution in [0.2, 0.25) is 0 Å². The summed E-state index contributed by atoms with van der Waals surface area (Å²) in [5.74, 6) is -3.13. The van der Waals surface area contributed by atoms with Gasteiger partial charge in [0.15, 0.2) is 0 Å². The van der Waals surface area contributed by atoms with E-state index >= 15 is 4.39 Å². The highest BCUT2D eigenvalue weighted by Crippen LogP contribution is 2.58. The average Bonchev–Trinajstić information content (AvgIpc) is 3.53. The maximum atomic E-state index is 16.5. The number of esters is 1. The second-order valence-electron chi connectivity index (χ2n) is 16.4. The zero-order chi connectivity index (χ0) is 41.3. The van der Waals surface area contributed by atoms with Gasteiger partial charge in [-0.25, -0.2) is 9.48 Å². The van der Waals surface area contributed by atoms with Gasteiger partial charge in [-0.1, -0.05) is 50.1 Å². The molecule has 15 heteroatoms. The summed E-state index contributed by atoms with van der Waals surface area (Å²) in [5.41, 5.74) is 1.02. The van der Waals surface area contributed by atoms with Crippen molar-refractivity contribution in [1.82, 2.24) is 25.2 Å². The number of nitrogens with zero attached hydrogens (tertiary/aromatic N) is 3. The number of alkyl halides is 1. The normalized spacial score (nSPS) is 24.4. The summed E-state index contributed by atoms with van der Waals surface area (Å²) < 4.78 is 42.5. The van der Waals surface area contributed by atoms with Crippen LogP contribution in [0.4, 0.5) is 4.39 Å².